The molecule has 0 aliphatic heterocycles. The van der Waals surface area contributed by atoms with Crippen LogP contribution in [0.15, 0.2) is 84.9 Å². The third kappa shape index (κ3) is 2.64. The number of nitriles is 2. The van der Waals surface area contributed by atoms with Gasteiger partial charge in [-0.15, -0.1) is 0 Å². The van der Waals surface area contributed by atoms with Crippen molar-refractivity contribution in [3.63, 3.8) is 0 Å². The number of para-hydroxylation sites is 2. The van der Waals surface area contributed by atoms with Crippen molar-refractivity contribution in [1.82, 2.24) is 9.55 Å². The van der Waals surface area contributed by atoms with Crippen LogP contribution in [0.2, 0.25) is 0 Å². The number of benzene rings is 3. The van der Waals surface area contributed by atoms with E-state index < -0.39 is 0 Å². The maximum Gasteiger partial charge on any atom is 0.141 e. The van der Waals surface area contributed by atoms with Gasteiger partial charge in [-0.25, -0.2) is 4.98 Å². The molecule has 4 heteroatoms. The molecule has 134 valence electrons. The molecule has 29 heavy (non-hydrogen) atoms. The summed E-state index contributed by atoms with van der Waals surface area (Å²) in [6.07, 6.45) is 0. The molecule has 0 spiro atoms. The Hall–Kier alpha value is -4.41. The molecule has 0 saturated heterocycles. The molecule has 0 bridgehead atoms. The van der Waals surface area contributed by atoms with E-state index in [0.29, 0.717) is 17.0 Å². The molecule has 0 N–H and O–H groups in total. The number of pyridine rings is 1. The minimum atomic E-state index is 0.361. The topological polar surface area (TPSA) is 65.4 Å². The second-order valence-corrected chi connectivity index (χ2v) is 6.73. The van der Waals surface area contributed by atoms with E-state index in [1.54, 1.807) is 12.1 Å². The number of aromatic nitrogens is 2. The Bertz CT molecular complexity index is 1430. The van der Waals surface area contributed by atoms with Crippen LogP contribution < -0.4 is 0 Å². The molecule has 2 aromatic heterocycles. The lowest BCUT2D eigenvalue weighted by atomic mass is 10.0. The standard InChI is InChI=1S/C25H14N4/c26-15-17-12-13-21(22-9-5-6-18(16-27)28-22)25(14-17)29-23-10-3-1-7-19(23)20-8-2-4-11-24(20)29/h1-14H. The summed E-state index contributed by atoms with van der Waals surface area (Å²) in [5.74, 6) is 0. The van der Waals surface area contributed by atoms with Crippen LogP contribution in [0.25, 0.3) is 38.8 Å². The van der Waals surface area contributed by atoms with Crippen molar-refractivity contribution in [2.24, 2.45) is 0 Å². The second-order valence-electron chi connectivity index (χ2n) is 6.73. The molecular weight excluding hydrogens is 356 g/mol. The molecule has 3 aromatic carbocycles. The van der Waals surface area contributed by atoms with Gasteiger partial charge in [0, 0.05) is 16.3 Å². The van der Waals surface area contributed by atoms with Crippen LogP contribution in [-0.4, -0.2) is 9.55 Å². The van der Waals surface area contributed by atoms with Crippen LogP contribution in [-0.2, 0) is 0 Å². The van der Waals surface area contributed by atoms with Crippen LogP contribution in [0.5, 0.6) is 0 Å². The van der Waals surface area contributed by atoms with E-state index in [2.05, 4.69) is 46.0 Å². The summed E-state index contributed by atoms with van der Waals surface area (Å²) >= 11 is 0. The SMILES string of the molecule is N#Cc1ccc(-c2cccc(C#N)n2)c(-n2c3ccccc3c3ccccc32)c1. The van der Waals surface area contributed by atoms with Crippen LogP contribution in [0.3, 0.4) is 0 Å². The Morgan fingerprint density at radius 1 is 0.690 bits per heavy atom. The molecule has 0 aliphatic carbocycles. The fourth-order valence-electron chi connectivity index (χ4n) is 3.83. The summed E-state index contributed by atoms with van der Waals surface area (Å²) in [5.41, 5.74) is 5.48. The fourth-order valence-corrected chi connectivity index (χ4v) is 3.83. The largest absolute Gasteiger partial charge is 0.309 e. The molecule has 0 atom stereocenters. The highest BCUT2D eigenvalue weighted by atomic mass is 15.0. The third-order valence-electron chi connectivity index (χ3n) is 5.09. The van der Waals surface area contributed by atoms with E-state index in [1.807, 2.05) is 48.5 Å². The zero-order valence-electron chi connectivity index (χ0n) is 15.4. The van der Waals surface area contributed by atoms with Crippen molar-refractivity contribution >= 4 is 21.8 Å². The van der Waals surface area contributed by atoms with Crippen LogP contribution in [0.1, 0.15) is 11.3 Å². The van der Waals surface area contributed by atoms with Gasteiger partial charge in [0.1, 0.15) is 11.8 Å². The summed E-state index contributed by atoms with van der Waals surface area (Å²) in [5, 5.41) is 21.1. The molecule has 0 amide bonds. The van der Waals surface area contributed by atoms with Gasteiger partial charge in [-0.2, -0.15) is 10.5 Å². The quantitative estimate of drug-likeness (QED) is 0.407. The first-order valence-electron chi connectivity index (χ1n) is 9.20. The van der Waals surface area contributed by atoms with Crippen molar-refractivity contribution < 1.29 is 0 Å². The Morgan fingerprint density at radius 2 is 1.38 bits per heavy atom. The molecule has 5 rings (SSSR count). The van der Waals surface area contributed by atoms with E-state index in [1.165, 1.54) is 0 Å². The predicted octanol–water partition coefficient (Wildman–Crippen LogP) is 5.59. The molecule has 0 unspecified atom stereocenters. The smallest absolute Gasteiger partial charge is 0.141 e. The molecular formula is C25H14N4. The lowest BCUT2D eigenvalue weighted by Gasteiger charge is -2.14. The van der Waals surface area contributed by atoms with Gasteiger partial charge in [0.2, 0.25) is 0 Å². The van der Waals surface area contributed by atoms with E-state index in [-0.39, 0.29) is 0 Å². The third-order valence-corrected chi connectivity index (χ3v) is 5.09. The van der Waals surface area contributed by atoms with E-state index >= 15 is 0 Å². The normalized spacial score (nSPS) is 10.7. The van der Waals surface area contributed by atoms with Crippen LogP contribution >= 0.6 is 0 Å². The molecule has 0 radical (unpaired) electrons. The van der Waals surface area contributed by atoms with Gasteiger partial charge in [0.05, 0.1) is 34.0 Å². The maximum absolute atomic E-state index is 9.51. The lowest BCUT2D eigenvalue weighted by Crippen LogP contribution is -1.99. The van der Waals surface area contributed by atoms with Crippen LogP contribution in [0.4, 0.5) is 0 Å². The van der Waals surface area contributed by atoms with Crippen molar-refractivity contribution in [2.75, 3.05) is 0 Å². The number of fused-ring (bicyclic) bond motifs is 3. The number of nitrogens with zero attached hydrogens (tertiary/aromatic N) is 4. The van der Waals surface area contributed by atoms with Crippen molar-refractivity contribution in [2.45, 2.75) is 0 Å². The lowest BCUT2D eigenvalue weighted by molar-refractivity contribution is 1.16. The van der Waals surface area contributed by atoms with Crippen molar-refractivity contribution in [3.8, 4) is 29.1 Å². The summed E-state index contributed by atoms with van der Waals surface area (Å²) in [6.45, 7) is 0. The molecule has 2 heterocycles. The molecule has 0 saturated carbocycles. The van der Waals surface area contributed by atoms with Gasteiger partial charge in [-0.1, -0.05) is 42.5 Å². The minimum Gasteiger partial charge on any atom is -0.309 e. The highest BCUT2D eigenvalue weighted by molar-refractivity contribution is 6.09. The molecule has 0 aliphatic rings. The molecule has 4 nitrogen and oxygen atoms in total. The highest BCUT2D eigenvalue weighted by Gasteiger charge is 2.16. The zero-order valence-corrected chi connectivity index (χ0v) is 15.4. The monoisotopic (exact) mass is 370 g/mol. The van der Waals surface area contributed by atoms with Crippen molar-refractivity contribution in [1.29, 1.82) is 10.5 Å². The van der Waals surface area contributed by atoms with Gasteiger partial charge < -0.3 is 4.57 Å². The number of hydrogen-bond acceptors (Lipinski definition) is 3. The van der Waals surface area contributed by atoms with Gasteiger partial charge in [0.25, 0.3) is 0 Å². The number of rotatable bonds is 2. The van der Waals surface area contributed by atoms with E-state index in [9.17, 15) is 10.5 Å². The van der Waals surface area contributed by atoms with Gasteiger partial charge in [-0.3, -0.25) is 0 Å². The highest BCUT2D eigenvalue weighted by Crippen LogP contribution is 2.35. The Kier molecular flexibility index (Phi) is 3.83. The summed E-state index contributed by atoms with van der Waals surface area (Å²) in [4.78, 5) is 4.49. The summed E-state index contributed by atoms with van der Waals surface area (Å²) < 4.78 is 2.17. The van der Waals surface area contributed by atoms with E-state index in [4.69, 9.17) is 0 Å². The summed E-state index contributed by atoms with van der Waals surface area (Å²) in [7, 11) is 0. The molecule has 0 fully saturated rings. The zero-order chi connectivity index (χ0) is 19.8. The van der Waals surface area contributed by atoms with Gasteiger partial charge >= 0.3 is 0 Å². The average molecular weight is 370 g/mol. The first kappa shape index (κ1) is 16.7. The minimum absolute atomic E-state index is 0.361. The first-order valence-corrected chi connectivity index (χ1v) is 9.20. The van der Waals surface area contributed by atoms with Gasteiger partial charge in [-0.05, 0) is 42.5 Å². The maximum atomic E-state index is 9.51. The average Bonchev–Trinajstić information content (AvgIpc) is 3.13. The number of hydrogen-bond donors (Lipinski definition) is 0. The molecule has 5 aromatic rings. The Morgan fingerprint density at radius 3 is 2.03 bits per heavy atom. The Labute approximate surface area is 167 Å². The second kappa shape index (κ2) is 6.64. The fraction of sp³-hybridized carbons (Fsp3) is 0. The predicted molar refractivity (Wildman–Crippen MR) is 113 cm³/mol. The van der Waals surface area contributed by atoms with Crippen molar-refractivity contribution in [3.05, 3.63) is 96.2 Å². The summed E-state index contributed by atoms with van der Waals surface area (Å²) in [6, 6.07) is 31.8. The first-order chi connectivity index (χ1) is 14.3. The Balaban J connectivity index is 1.92. The van der Waals surface area contributed by atoms with Crippen LogP contribution in [0, 0.1) is 22.7 Å². The van der Waals surface area contributed by atoms with Gasteiger partial charge in [0.15, 0.2) is 0 Å². The van der Waals surface area contributed by atoms with E-state index in [0.717, 1.165) is 33.1 Å².